The molecule has 1 saturated heterocycles. The van der Waals surface area contributed by atoms with Crippen molar-refractivity contribution in [2.75, 3.05) is 11.9 Å². The molecule has 1 aliphatic rings. The summed E-state index contributed by atoms with van der Waals surface area (Å²) in [6.07, 6.45) is 1.59. The standard InChI is InChI=1S/C18H12I2N2O4S/c19-12-6-10(7-13(20)16(12)24)8-14-17(25)22(18(26)27-14)9-15(23)21-11-4-2-1-3-5-11/h1-8,24H,9H2,(H,21,23)/b14-8-. The molecule has 0 bridgehead atoms. The summed E-state index contributed by atoms with van der Waals surface area (Å²) in [6, 6.07) is 12.3. The first-order valence-electron chi connectivity index (χ1n) is 7.63. The van der Waals surface area contributed by atoms with E-state index in [2.05, 4.69) is 5.32 Å². The summed E-state index contributed by atoms with van der Waals surface area (Å²) in [6.45, 7) is -0.346. The second kappa shape index (κ2) is 8.61. The molecule has 0 spiro atoms. The van der Waals surface area contributed by atoms with E-state index in [1.54, 1.807) is 42.5 Å². The number of thioether (sulfide) groups is 1. The maximum Gasteiger partial charge on any atom is 0.294 e. The number of carbonyl (C=O) groups is 3. The quantitative estimate of drug-likeness (QED) is 0.401. The molecule has 1 fully saturated rings. The highest BCUT2D eigenvalue weighted by Crippen LogP contribution is 2.34. The fraction of sp³-hybridized carbons (Fsp3) is 0.0556. The molecule has 2 aromatic rings. The van der Waals surface area contributed by atoms with Gasteiger partial charge in [0.2, 0.25) is 5.91 Å². The summed E-state index contributed by atoms with van der Waals surface area (Å²) in [5.41, 5.74) is 1.29. The van der Waals surface area contributed by atoms with Crippen LogP contribution in [0.25, 0.3) is 6.08 Å². The topological polar surface area (TPSA) is 86.7 Å². The Morgan fingerprint density at radius 3 is 2.41 bits per heavy atom. The van der Waals surface area contributed by atoms with E-state index in [4.69, 9.17) is 0 Å². The average molecular weight is 606 g/mol. The lowest BCUT2D eigenvalue weighted by Crippen LogP contribution is -2.36. The number of nitrogens with zero attached hydrogens (tertiary/aromatic N) is 1. The Morgan fingerprint density at radius 2 is 1.78 bits per heavy atom. The van der Waals surface area contributed by atoms with Crippen molar-refractivity contribution in [1.29, 1.82) is 0 Å². The first-order chi connectivity index (χ1) is 12.8. The summed E-state index contributed by atoms with van der Waals surface area (Å²) in [5, 5.41) is 12.0. The largest absolute Gasteiger partial charge is 0.506 e. The van der Waals surface area contributed by atoms with Gasteiger partial charge in [-0.05, 0) is 92.8 Å². The van der Waals surface area contributed by atoms with Crippen LogP contribution in [0, 0.1) is 7.14 Å². The molecule has 1 heterocycles. The number of rotatable bonds is 4. The number of imide groups is 1. The number of hydrogen-bond donors (Lipinski definition) is 2. The van der Waals surface area contributed by atoms with Gasteiger partial charge >= 0.3 is 0 Å². The summed E-state index contributed by atoms with van der Waals surface area (Å²) in [7, 11) is 0. The van der Waals surface area contributed by atoms with E-state index < -0.39 is 17.1 Å². The van der Waals surface area contributed by atoms with Crippen LogP contribution in [0.4, 0.5) is 10.5 Å². The predicted molar refractivity (Wildman–Crippen MR) is 121 cm³/mol. The molecule has 1 aliphatic heterocycles. The first kappa shape index (κ1) is 20.1. The fourth-order valence-electron chi connectivity index (χ4n) is 2.32. The van der Waals surface area contributed by atoms with Crippen molar-refractivity contribution in [2.24, 2.45) is 0 Å². The number of benzene rings is 2. The van der Waals surface area contributed by atoms with Crippen LogP contribution in [0.3, 0.4) is 0 Å². The predicted octanol–water partition coefficient (Wildman–Crippen LogP) is 4.28. The lowest BCUT2D eigenvalue weighted by atomic mass is 10.2. The zero-order valence-corrected chi connectivity index (χ0v) is 18.7. The number of phenols is 1. The Morgan fingerprint density at radius 1 is 1.15 bits per heavy atom. The molecule has 0 atom stereocenters. The molecule has 138 valence electrons. The van der Waals surface area contributed by atoms with Crippen LogP contribution < -0.4 is 5.32 Å². The Labute approximate surface area is 186 Å². The monoisotopic (exact) mass is 606 g/mol. The molecule has 0 aliphatic carbocycles. The van der Waals surface area contributed by atoms with E-state index in [9.17, 15) is 19.5 Å². The number of carbonyl (C=O) groups excluding carboxylic acids is 3. The van der Waals surface area contributed by atoms with Crippen LogP contribution in [-0.4, -0.2) is 33.6 Å². The molecule has 0 radical (unpaired) electrons. The minimum atomic E-state index is -0.508. The molecule has 6 nitrogen and oxygen atoms in total. The summed E-state index contributed by atoms with van der Waals surface area (Å²) >= 11 is 4.78. The van der Waals surface area contributed by atoms with Gasteiger partial charge in [-0.25, -0.2) is 0 Å². The van der Waals surface area contributed by atoms with Gasteiger partial charge in [-0.15, -0.1) is 0 Å². The highest BCUT2D eigenvalue weighted by molar-refractivity contribution is 14.1. The van der Waals surface area contributed by atoms with Gasteiger partial charge in [0.25, 0.3) is 11.1 Å². The molecule has 3 rings (SSSR count). The van der Waals surface area contributed by atoms with E-state index in [0.29, 0.717) is 18.4 Å². The van der Waals surface area contributed by atoms with E-state index in [-0.39, 0.29) is 17.2 Å². The summed E-state index contributed by atoms with van der Waals surface area (Å²) in [5.74, 6) is -0.774. The smallest absolute Gasteiger partial charge is 0.294 e. The molecule has 2 aromatic carbocycles. The number of phenolic OH excluding ortho intramolecular Hbond substituents is 1. The van der Waals surface area contributed by atoms with Gasteiger partial charge in [-0.2, -0.15) is 0 Å². The summed E-state index contributed by atoms with van der Waals surface area (Å²) < 4.78 is 1.29. The highest BCUT2D eigenvalue weighted by atomic mass is 127. The van der Waals surface area contributed by atoms with Gasteiger partial charge in [0.05, 0.1) is 12.0 Å². The Kier molecular flexibility index (Phi) is 6.42. The minimum Gasteiger partial charge on any atom is -0.506 e. The zero-order valence-electron chi connectivity index (χ0n) is 13.6. The normalized spacial score (nSPS) is 15.5. The molecule has 0 unspecified atom stereocenters. The van der Waals surface area contributed by atoms with Crippen molar-refractivity contribution in [3.63, 3.8) is 0 Å². The average Bonchev–Trinajstić information content (AvgIpc) is 2.88. The van der Waals surface area contributed by atoms with E-state index >= 15 is 0 Å². The fourth-order valence-corrected chi connectivity index (χ4v) is 4.98. The molecule has 3 amide bonds. The van der Waals surface area contributed by atoms with Crippen LogP contribution in [0.15, 0.2) is 47.4 Å². The van der Waals surface area contributed by atoms with Crippen LogP contribution in [-0.2, 0) is 9.59 Å². The molecular formula is C18H12I2N2O4S. The lowest BCUT2D eigenvalue weighted by Gasteiger charge is -2.12. The Hall–Kier alpha value is -1.60. The third-order valence-corrected chi connectivity index (χ3v) is 6.12. The van der Waals surface area contributed by atoms with E-state index in [1.807, 2.05) is 51.2 Å². The Balaban J connectivity index is 1.74. The van der Waals surface area contributed by atoms with Gasteiger partial charge in [0.1, 0.15) is 12.3 Å². The second-order valence-corrected chi connectivity index (χ2v) is 8.83. The SMILES string of the molecule is O=C(CN1C(=O)S/C(=C\c2cc(I)c(O)c(I)c2)C1=O)Nc1ccccc1. The van der Waals surface area contributed by atoms with Crippen LogP contribution in [0.5, 0.6) is 5.75 Å². The molecule has 2 N–H and O–H groups in total. The zero-order chi connectivity index (χ0) is 19.6. The van der Waals surface area contributed by atoms with Crippen molar-refractivity contribution in [3.05, 3.63) is 60.1 Å². The van der Waals surface area contributed by atoms with Crippen molar-refractivity contribution in [3.8, 4) is 5.75 Å². The molecule has 0 saturated carbocycles. The Bertz CT molecular complexity index is 940. The van der Waals surface area contributed by atoms with Crippen LogP contribution >= 0.6 is 56.9 Å². The number of anilines is 1. The van der Waals surface area contributed by atoms with Crippen LogP contribution in [0.1, 0.15) is 5.56 Å². The maximum absolute atomic E-state index is 12.5. The highest BCUT2D eigenvalue weighted by Gasteiger charge is 2.36. The van der Waals surface area contributed by atoms with Gasteiger partial charge in [0.15, 0.2) is 0 Å². The van der Waals surface area contributed by atoms with E-state index in [0.717, 1.165) is 16.7 Å². The van der Waals surface area contributed by atoms with E-state index in [1.165, 1.54) is 0 Å². The third-order valence-electron chi connectivity index (χ3n) is 3.57. The van der Waals surface area contributed by atoms with Crippen molar-refractivity contribution in [2.45, 2.75) is 0 Å². The number of para-hydroxylation sites is 1. The molecule has 0 aromatic heterocycles. The van der Waals surface area contributed by atoms with Crippen LogP contribution in [0.2, 0.25) is 0 Å². The maximum atomic E-state index is 12.5. The van der Waals surface area contributed by atoms with Crippen molar-refractivity contribution < 1.29 is 19.5 Å². The molecular weight excluding hydrogens is 594 g/mol. The van der Waals surface area contributed by atoms with Gasteiger partial charge in [0, 0.05) is 5.69 Å². The number of amides is 3. The number of hydrogen-bond acceptors (Lipinski definition) is 5. The summed E-state index contributed by atoms with van der Waals surface area (Å²) in [4.78, 5) is 38.0. The molecule has 27 heavy (non-hydrogen) atoms. The number of aromatic hydroxyl groups is 1. The minimum absolute atomic E-state index is 0.180. The lowest BCUT2D eigenvalue weighted by molar-refractivity contribution is -0.127. The second-order valence-electron chi connectivity index (χ2n) is 5.52. The third kappa shape index (κ3) is 4.82. The van der Waals surface area contributed by atoms with Crippen molar-refractivity contribution >= 4 is 85.8 Å². The van der Waals surface area contributed by atoms with Gasteiger partial charge in [-0.1, -0.05) is 18.2 Å². The first-order valence-corrected chi connectivity index (χ1v) is 10.6. The molecule has 9 heteroatoms. The van der Waals surface area contributed by atoms with Gasteiger partial charge in [-0.3, -0.25) is 19.3 Å². The van der Waals surface area contributed by atoms with Gasteiger partial charge < -0.3 is 10.4 Å². The van der Waals surface area contributed by atoms with Crippen molar-refractivity contribution in [1.82, 2.24) is 4.90 Å². The number of nitrogens with one attached hydrogen (secondary N) is 1. The number of halogens is 2.